The van der Waals surface area contributed by atoms with Gasteiger partial charge in [0, 0.05) is 30.9 Å². The fourth-order valence-corrected chi connectivity index (χ4v) is 3.44. The number of nitrogens with zero attached hydrogens (tertiary/aromatic N) is 2. The Kier molecular flexibility index (Phi) is 7.98. The molecule has 0 atom stereocenters. The van der Waals surface area contributed by atoms with Crippen molar-refractivity contribution in [3.63, 3.8) is 0 Å². The van der Waals surface area contributed by atoms with Crippen LogP contribution in [-0.2, 0) is 15.9 Å². The first kappa shape index (κ1) is 21.7. The first-order valence-corrected chi connectivity index (χ1v) is 13.1. The minimum atomic E-state index is -0.106. The van der Waals surface area contributed by atoms with Gasteiger partial charge in [-0.15, -0.1) is 0 Å². The minimum absolute atomic E-state index is 0.106. The molecule has 4 aromatic carbocycles. The van der Waals surface area contributed by atoms with E-state index in [1.807, 2.05) is 0 Å². The zero-order valence-corrected chi connectivity index (χ0v) is 19.3. The normalized spacial score (nSPS) is 10.3. The molecule has 5 heteroatoms. The molecule has 2 nitrogen and oxygen atoms in total. The van der Waals surface area contributed by atoms with Crippen LogP contribution in [0.3, 0.4) is 0 Å². The molecule has 4 rings (SSSR count). The Labute approximate surface area is 188 Å². The monoisotopic (exact) mass is 514 g/mol. The number of hydrogen-bond donors (Lipinski definition) is 0. The van der Waals surface area contributed by atoms with Crippen molar-refractivity contribution in [3.8, 4) is 0 Å². The van der Waals surface area contributed by atoms with Gasteiger partial charge < -0.3 is 9.80 Å². The van der Waals surface area contributed by atoms with E-state index < -0.39 is 0 Å². The van der Waals surface area contributed by atoms with E-state index in [9.17, 15) is 0 Å². The molecule has 0 bridgehead atoms. The van der Waals surface area contributed by atoms with Gasteiger partial charge in [-0.05, 0) is 41.8 Å². The molecule has 0 unspecified atom stereocenters. The standard InChI is InChI=1S/C24H22N2.2ClH.Pd/c1-25(20-13-5-3-6-14-20)22-17-9-11-19-12-10-18-23(24(19)22)26(2)21-15-7-4-8-16-21;;;/h3-18H,1-2H3;2*1H;/q;;;+2/p-2. The summed E-state index contributed by atoms with van der Waals surface area (Å²) >= 11 is -0.106. The molecule has 29 heavy (non-hydrogen) atoms. The quantitative estimate of drug-likeness (QED) is 0.256. The maximum atomic E-state index is 4.81. The second-order valence-electron chi connectivity index (χ2n) is 6.49. The van der Waals surface area contributed by atoms with Crippen molar-refractivity contribution in [2.24, 2.45) is 0 Å². The van der Waals surface area contributed by atoms with Crippen LogP contribution < -0.4 is 9.80 Å². The molecule has 0 aliphatic carbocycles. The van der Waals surface area contributed by atoms with E-state index in [-0.39, 0.29) is 15.9 Å². The first-order chi connectivity index (χ1) is 14.2. The van der Waals surface area contributed by atoms with E-state index in [4.69, 9.17) is 19.1 Å². The van der Waals surface area contributed by atoms with Crippen LogP contribution in [0.25, 0.3) is 10.8 Å². The van der Waals surface area contributed by atoms with Gasteiger partial charge in [-0.3, -0.25) is 0 Å². The number of anilines is 4. The summed E-state index contributed by atoms with van der Waals surface area (Å²) in [4.78, 5) is 4.51. The van der Waals surface area contributed by atoms with Gasteiger partial charge in [0.15, 0.2) is 0 Å². The summed E-state index contributed by atoms with van der Waals surface area (Å²) in [5, 5.41) is 2.50. The van der Waals surface area contributed by atoms with Crippen molar-refractivity contribution < 1.29 is 15.9 Å². The van der Waals surface area contributed by atoms with Crippen LogP contribution in [0.5, 0.6) is 0 Å². The molecule has 0 saturated heterocycles. The molecule has 0 aliphatic heterocycles. The Morgan fingerprint density at radius 3 is 1.31 bits per heavy atom. The fourth-order valence-electron chi connectivity index (χ4n) is 3.44. The van der Waals surface area contributed by atoms with Gasteiger partial charge in [0.05, 0.1) is 11.4 Å². The molecular formula is C24H22Cl2N2Pd. The topological polar surface area (TPSA) is 6.48 Å². The van der Waals surface area contributed by atoms with Gasteiger partial charge in [0.2, 0.25) is 0 Å². The summed E-state index contributed by atoms with van der Waals surface area (Å²) in [5.74, 6) is 0. The third kappa shape index (κ3) is 5.13. The van der Waals surface area contributed by atoms with Gasteiger partial charge in [-0.2, -0.15) is 0 Å². The predicted octanol–water partition coefficient (Wildman–Crippen LogP) is 7.75. The molecule has 0 amide bonds. The Bertz CT molecular complexity index is 962. The molecule has 0 fully saturated rings. The Balaban J connectivity index is 0.000000755. The van der Waals surface area contributed by atoms with Crippen molar-refractivity contribution in [3.05, 3.63) is 97.1 Å². The summed E-state index contributed by atoms with van der Waals surface area (Å²) in [6.07, 6.45) is 0. The molecule has 0 saturated carbocycles. The molecule has 0 radical (unpaired) electrons. The number of rotatable bonds is 4. The van der Waals surface area contributed by atoms with Crippen LogP contribution in [-0.4, -0.2) is 14.1 Å². The Morgan fingerprint density at radius 1 is 0.552 bits per heavy atom. The number of para-hydroxylation sites is 2. The number of benzene rings is 4. The van der Waals surface area contributed by atoms with E-state index in [0.29, 0.717) is 0 Å². The third-order valence-electron chi connectivity index (χ3n) is 4.87. The van der Waals surface area contributed by atoms with E-state index in [0.717, 1.165) is 0 Å². The summed E-state index contributed by atoms with van der Waals surface area (Å²) in [5.41, 5.74) is 4.76. The number of halogens is 2. The number of hydrogen-bond acceptors (Lipinski definition) is 2. The van der Waals surface area contributed by atoms with Crippen molar-refractivity contribution in [2.75, 3.05) is 23.9 Å². The predicted molar refractivity (Wildman–Crippen MR) is 125 cm³/mol. The zero-order chi connectivity index (χ0) is 20.6. The van der Waals surface area contributed by atoms with Gasteiger partial charge in [0.1, 0.15) is 0 Å². The summed E-state index contributed by atoms with van der Waals surface area (Å²) in [6, 6.07) is 34.0. The summed E-state index contributed by atoms with van der Waals surface area (Å²) < 4.78 is 0. The molecule has 0 heterocycles. The van der Waals surface area contributed by atoms with Crippen LogP contribution in [0.1, 0.15) is 0 Å². The van der Waals surface area contributed by atoms with Crippen LogP contribution in [0.15, 0.2) is 97.1 Å². The molecular weight excluding hydrogens is 494 g/mol. The van der Waals surface area contributed by atoms with Crippen LogP contribution in [0.4, 0.5) is 22.7 Å². The van der Waals surface area contributed by atoms with Crippen LogP contribution in [0.2, 0.25) is 0 Å². The van der Waals surface area contributed by atoms with Gasteiger partial charge >= 0.3 is 35.0 Å². The fraction of sp³-hybridized carbons (Fsp3) is 0.0833. The molecule has 0 aromatic heterocycles. The molecule has 152 valence electrons. The maximum absolute atomic E-state index is 4.81. The van der Waals surface area contributed by atoms with Crippen molar-refractivity contribution >= 4 is 52.6 Å². The van der Waals surface area contributed by atoms with E-state index >= 15 is 0 Å². The van der Waals surface area contributed by atoms with E-state index in [2.05, 4.69) is 121 Å². The van der Waals surface area contributed by atoms with Crippen LogP contribution in [0, 0.1) is 0 Å². The summed E-state index contributed by atoms with van der Waals surface area (Å²) in [6.45, 7) is 0. The Morgan fingerprint density at radius 2 is 0.931 bits per heavy atom. The molecule has 0 spiro atoms. The zero-order valence-electron chi connectivity index (χ0n) is 16.2. The third-order valence-corrected chi connectivity index (χ3v) is 4.87. The van der Waals surface area contributed by atoms with Gasteiger partial charge in [0.25, 0.3) is 0 Å². The number of fused-ring (bicyclic) bond motifs is 1. The van der Waals surface area contributed by atoms with Gasteiger partial charge in [-0.1, -0.05) is 60.7 Å². The Hall–Kier alpha value is -2.02. The van der Waals surface area contributed by atoms with E-state index in [1.54, 1.807) is 0 Å². The van der Waals surface area contributed by atoms with Crippen molar-refractivity contribution in [1.29, 1.82) is 0 Å². The van der Waals surface area contributed by atoms with Crippen molar-refractivity contribution in [2.45, 2.75) is 0 Å². The molecule has 4 aromatic rings. The van der Waals surface area contributed by atoms with Crippen molar-refractivity contribution in [1.82, 2.24) is 0 Å². The van der Waals surface area contributed by atoms with Crippen LogP contribution >= 0.6 is 19.1 Å². The molecule has 0 N–H and O–H groups in total. The first-order valence-electron chi connectivity index (χ1n) is 9.09. The average Bonchev–Trinajstić information content (AvgIpc) is 2.79. The average molecular weight is 516 g/mol. The SMILES string of the molecule is CN(c1ccccc1)c1cccc2cccc(N(C)c3ccccc3)c12.[Cl][Pd][Cl]. The van der Waals surface area contributed by atoms with Gasteiger partial charge in [-0.25, -0.2) is 0 Å². The second kappa shape index (κ2) is 10.7. The summed E-state index contributed by atoms with van der Waals surface area (Å²) in [7, 11) is 13.9. The second-order valence-corrected chi connectivity index (χ2v) is 8.85. The van der Waals surface area contributed by atoms with E-state index in [1.165, 1.54) is 33.5 Å². The molecule has 0 aliphatic rings.